The average molecular weight is 280 g/mol. The van der Waals surface area contributed by atoms with Crippen LogP contribution in [-0.2, 0) is 17.6 Å². The number of amides is 1. The molecule has 4 rings (SSSR count). The average Bonchev–Trinajstić information content (AvgIpc) is 2.85. The first-order chi connectivity index (χ1) is 10.2. The van der Waals surface area contributed by atoms with E-state index in [9.17, 15) is 4.79 Å². The number of carbonyl (C=O) groups excluding carboxylic acids is 1. The lowest BCUT2D eigenvalue weighted by Gasteiger charge is -2.31. The van der Waals surface area contributed by atoms with Gasteiger partial charge in [-0.1, -0.05) is 31.2 Å². The number of nitrogens with one attached hydrogen (secondary N) is 2. The van der Waals surface area contributed by atoms with Crippen molar-refractivity contribution in [3.05, 3.63) is 41.5 Å². The maximum absolute atomic E-state index is 12.4. The van der Waals surface area contributed by atoms with Gasteiger partial charge >= 0.3 is 0 Å². The molecule has 1 amide bonds. The van der Waals surface area contributed by atoms with Crippen molar-refractivity contribution in [2.24, 2.45) is 11.8 Å². The summed E-state index contributed by atoms with van der Waals surface area (Å²) in [6.07, 6.45) is 2.24. The highest BCUT2D eigenvalue weighted by Gasteiger charge is 2.29. The molecule has 1 saturated heterocycles. The zero-order chi connectivity index (χ0) is 14.4. The van der Waals surface area contributed by atoms with E-state index in [4.69, 9.17) is 0 Å². The maximum atomic E-state index is 12.4. The van der Waals surface area contributed by atoms with Crippen LogP contribution in [0.25, 0.3) is 10.8 Å². The Morgan fingerprint density at radius 3 is 2.67 bits per heavy atom. The molecule has 2 N–H and O–H groups in total. The first-order valence-electron chi connectivity index (χ1n) is 7.79. The molecule has 0 aromatic heterocycles. The van der Waals surface area contributed by atoms with Crippen molar-refractivity contribution in [3.8, 4) is 0 Å². The Hall–Kier alpha value is -1.87. The molecule has 1 unspecified atom stereocenters. The van der Waals surface area contributed by atoms with Crippen molar-refractivity contribution in [1.82, 2.24) is 5.32 Å². The van der Waals surface area contributed by atoms with Gasteiger partial charge in [0.05, 0.1) is 0 Å². The highest BCUT2D eigenvalue weighted by Crippen LogP contribution is 2.35. The third-order valence-electron chi connectivity index (χ3n) is 5.07. The zero-order valence-electron chi connectivity index (χ0n) is 12.3. The van der Waals surface area contributed by atoms with Gasteiger partial charge in [-0.3, -0.25) is 4.79 Å². The molecule has 1 fully saturated rings. The molecule has 0 radical (unpaired) electrons. The van der Waals surface area contributed by atoms with Crippen molar-refractivity contribution >= 4 is 22.4 Å². The largest absolute Gasteiger partial charge is 0.325 e. The van der Waals surface area contributed by atoms with E-state index in [-0.39, 0.29) is 11.8 Å². The van der Waals surface area contributed by atoms with Crippen molar-refractivity contribution in [2.75, 3.05) is 18.4 Å². The van der Waals surface area contributed by atoms with Gasteiger partial charge in [-0.15, -0.1) is 0 Å². The standard InChI is InChI=1S/C18H20N2O/c1-11(14-9-19-10-14)18(21)20-16-8-7-13-6-5-12-3-2-4-15(16)17(12)13/h2-4,7-8,11,14,19H,5-6,9-10H2,1H3,(H,20,21). The van der Waals surface area contributed by atoms with Gasteiger partial charge < -0.3 is 10.6 Å². The van der Waals surface area contributed by atoms with Crippen molar-refractivity contribution in [2.45, 2.75) is 19.8 Å². The first kappa shape index (κ1) is 12.8. The van der Waals surface area contributed by atoms with Gasteiger partial charge in [0.2, 0.25) is 5.91 Å². The first-order valence-corrected chi connectivity index (χ1v) is 7.79. The summed E-state index contributed by atoms with van der Waals surface area (Å²) in [7, 11) is 0. The highest BCUT2D eigenvalue weighted by molar-refractivity contribution is 6.05. The summed E-state index contributed by atoms with van der Waals surface area (Å²) < 4.78 is 0. The molecule has 2 aromatic rings. The summed E-state index contributed by atoms with van der Waals surface area (Å²) in [5.41, 5.74) is 3.78. The Balaban J connectivity index is 1.67. The molecule has 3 heteroatoms. The molecule has 1 atom stereocenters. The third-order valence-corrected chi connectivity index (χ3v) is 5.07. The number of hydrogen-bond donors (Lipinski definition) is 2. The smallest absolute Gasteiger partial charge is 0.227 e. The number of anilines is 1. The Labute approximate surface area is 124 Å². The van der Waals surface area contributed by atoms with E-state index in [0.717, 1.165) is 31.6 Å². The molecule has 1 heterocycles. The maximum Gasteiger partial charge on any atom is 0.227 e. The van der Waals surface area contributed by atoms with Crippen LogP contribution in [0.5, 0.6) is 0 Å². The van der Waals surface area contributed by atoms with Gasteiger partial charge in [-0.05, 0) is 54.4 Å². The molecule has 2 aromatic carbocycles. The molecule has 21 heavy (non-hydrogen) atoms. The number of carbonyl (C=O) groups is 1. The van der Waals surface area contributed by atoms with E-state index < -0.39 is 0 Å². The highest BCUT2D eigenvalue weighted by atomic mass is 16.1. The van der Waals surface area contributed by atoms with Crippen LogP contribution in [0, 0.1) is 11.8 Å². The van der Waals surface area contributed by atoms with E-state index in [1.165, 1.54) is 21.9 Å². The van der Waals surface area contributed by atoms with Gasteiger partial charge in [0.15, 0.2) is 0 Å². The molecule has 0 bridgehead atoms. The van der Waals surface area contributed by atoms with Crippen LogP contribution in [0.3, 0.4) is 0 Å². The number of rotatable bonds is 3. The Morgan fingerprint density at radius 2 is 1.95 bits per heavy atom. The van der Waals surface area contributed by atoms with Crippen LogP contribution < -0.4 is 10.6 Å². The summed E-state index contributed by atoms with van der Waals surface area (Å²) in [6, 6.07) is 10.7. The molecule has 0 saturated carbocycles. The second kappa shape index (κ2) is 4.85. The Kier molecular flexibility index (Phi) is 2.96. The fraction of sp³-hybridized carbons (Fsp3) is 0.389. The molecule has 108 valence electrons. The summed E-state index contributed by atoms with van der Waals surface area (Å²) in [6.45, 7) is 3.94. The fourth-order valence-electron chi connectivity index (χ4n) is 3.48. The lowest BCUT2D eigenvalue weighted by atomic mass is 9.88. The van der Waals surface area contributed by atoms with Gasteiger partial charge in [0.1, 0.15) is 0 Å². The molecule has 3 nitrogen and oxygen atoms in total. The molecule has 0 spiro atoms. The molecule has 1 aliphatic carbocycles. The van der Waals surface area contributed by atoms with Gasteiger partial charge in [-0.2, -0.15) is 0 Å². The number of benzene rings is 2. The fourth-order valence-corrected chi connectivity index (χ4v) is 3.48. The van der Waals surface area contributed by atoms with E-state index in [1.54, 1.807) is 0 Å². The van der Waals surface area contributed by atoms with E-state index in [0.29, 0.717) is 5.92 Å². The SMILES string of the molecule is CC(C(=O)Nc1ccc2c3c(cccc13)CC2)C1CNC1. The van der Waals surface area contributed by atoms with Crippen LogP contribution >= 0.6 is 0 Å². The van der Waals surface area contributed by atoms with Crippen LogP contribution in [0.15, 0.2) is 30.3 Å². The van der Waals surface area contributed by atoms with E-state index in [1.807, 2.05) is 6.92 Å². The minimum absolute atomic E-state index is 0.0642. The molecule has 2 aliphatic rings. The van der Waals surface area contributed by atoms with Crippen molar-refractivity contribution < 1.29 is 4.79 Å². The molecular weight excluding hydrogens is 260 g/mol. The lowest BCUT2D eigenvalue weighted by molar-refractivity contribution is -0.121. The minimum atomic E-state index is 0.0642. The summed E-state index contributed by atoms with van der Waals surface area (Å²) >= 11 is 0. The van der Waals surface area contributed by atoms with Crippen LogP contribution in [-0.4, -0.2) is 19.0 Å². The van der Waals surface area contributed by atoms with Gasteiger partial charge in [0.25, 0.3) is 0 Å². The summed E-state index contributed by atoms with van der Waals surface area (Å²) in [5.74, 6) is 0.677. The second-order valence-corrected chi connectivity index (χ2v) is 6.31. The van der Waals surface area contributed by atoms with Crippen molar-refractivity contribution in [3.63, 3.8) is 0 Å². The second-order valence-electron chi connectivity index (χ2n) is 6.31. The van der Waals surface area contributed by atoms with Crippen LogP contribution in [0.4, 0.5) is 5.69 Å². The van der Waals surface area contributed by atoms with E-state index >= 15 is 0 Å². The normalized spacial score (nSPS) is 18.5. The van der Waals surface area contributed by atoms with Crippen molar-refractivity contribution in [1.29, 1.82) is 0 Å². The Morgan fingerprint density at radius 1 is 1.19 bits per heavy atom. The quantitative estimate of drug-likeness (QED) is 0.907. The predicted octanol–water partition coefficient (Wildman–Crippen LogP) is 2.73. The Bertz CT molecular complexity index is 708. The summed E-state index contributed by atoms with van der Waals surface area (Å²) in [5, 5.41) is 8.93. The predicted molar refractivity (Wildman–Crippen MR) is 85.5 cm³/mol. The van der Waals surface area contributed by atoms with E-state index in [2.05, 4.69) is 41.0 Å². The number of aryl methyl sites for hydroxylation is 2. The summed E-state index contributed by atoms with van der Waals surface area (Å²) in [4.78, 5) is 12.4. The van der Waals surface area contributed by atoms with Gasteiger partial charge in [-0.25, -0.2) is 0 Å². The lowest BCUT2D eigenvalue weighted by Crippen LogP contribution is -2.48. The van der Waals surface area contributed by atoms with Crippen LogP contribution in [0.1, 0.15) is 18.1 Å². The van der Waals surface area contributed by atoms with Gasteiger partial charge in [0, 0.05) is 17.0 Å². The zero-order valence-corrected chi connectivity index (χ0v) is 12.3. The third kappa shape index (κ3) is 2.04. The van der Waals surface area contributed by atoms with Crippen LogP contribution in [0.2, 0.25) is 0 Å². The molecular formula is C18H20N2O. The molecule has 1 aliphatic heterocycles. The monoisotopic (exact) mass is 280 g/mol. The minimum Gasteiger partial charge on any atom is -0.325 e. The topological polar surface area (TPSA) is 41.1 Å². The number of hydrogen-bond acceptors (Lipinski definition) is 2.